The first-order valence-corrected chi connectivity index (χ1v) is 10.3. The van der Waals surface area contributed by atoms with E-state index in [1.54, 1.807) is 23.0 Å². The van der Waals surface area contributed by atoms with Crippen LogP contribution in [0.4, 0.5) is 4.39 Å². The molecule has 160 valence electrons. The van der Waals surface area contributed by atoms with Crippen LogP contribution in [-0.2, 0) is 24.8 Å². The normalized spacial score (nSPS) is 13.7. The first-order valence-electron chi connectivity index (χ1n) is 10.3. The van der Waals surface area contributed by atoms with Gasteiger partial charge in [-0.3, -0.25) is 14.8 Å². The number of halogens is 1. The molecule has 2 aromatic heterocycles. The third-order valence-electron chi connectivity index (χ3n) is 5.68. The summed E-state index contributed by atoms with van der Waals surface area (Å²) in [4.78, 5) is 21.7. The van der Waals surface area contributed by atoms with Crippen LogP contribution >= 0.6 is 0 Å². The number of aliphatic imine (C=N–C) groups is 1. The van der Waals surface area contributed by atoms with Crippen LogP contribution in [0.3, 0.4) is 0 Å². The van der Waals surface area contributed by atoms with Gasteiger partial charge >= 0.3 is 0 Å². The van der Waals surface area contributed by atoms with Crippen LogP contribution in [0.15, 0.2) is 59.7 Å². The van der Waals surface area contributed by atoms with Crippen LogP contribution in [0, 0.1) is 5.82 Å². The summed E-state index contributed by atoms with van der Waals surface area (Å²) >= 11 is 0. The lowest BCUT2D eigenvalue weighted by Gasteiger charge is -2.14. The molecule has 2 aromatic carbocycles. The maximum absolute atomic E-state index is 13.1. The topological polar surface area (TPSA) is 85.1 Å². The van der Waals surface area contributed by atoms with Crippen molar-refractivity contribution in [1.82, 2.24) is 25.3 Å². The number of hydrogen-bond donors (Lipinski definition) is 1. The van der Waals surface area contributed by atoms with Gasteiger partial charge in [0.25, 0.3) is 0 Å². The molecule has 1 aliphatic rings. The fourth-order valence-corrected chi connectivity index (χ4v) is 3.95. The van der Waals surface area contributed by atoms with Crippen LogP contribution < -0.4 is 5.32 Å². The van der Waals surface area contributed by atoms with Crippen molar-refractivity contribution in [2.24, 2.45) is 12.0 Å². The average Bonchev–Trinajstić information content (AvgIpc) is 3.37. The Morgan fingerprint density at radius 3 is 2.81 bits per heavy atom. The Bertz CT molecular complexity index is 1360. The second kappa shape index (κ2) is 7.96. The van der Waals surface area contributed by atoms with E-state index in [0.717, 1.165) is 39.0 Å². The molecule has 0 fully saturated rings. The number of aryl methyl sites for hydroxylation is 1. The van der Waals surface area contributed by atoms with E-state index in [2.05, 4.69) is 20.6 Å². The summed E-state index contributed by atoms with van der Waals surface area (Å²) in [6.45, 7) is 2.42. The summed E-state index contributed by atoms with van der Waals surface area (Å²) in [5.41, 5.74) is 7.21. The van der Waals surface area contributed by atoms with E-state index in [1.807, 2.05) is 38.2 Å². The lowest BCUT2D eigenvalue weighted by Crippen LogP contribution is -2.28. The molecule has 0 radical (unpaired) electrons. The van der Waals surface area contributed by atoms with Gasteiger partial charge in [-0.2, -0.15) is 0 Å². The molecule has 1 atom stereocenters. The van der Waals surface area contributed by atoms with Gasteiger partial charge in [-0.25, -0.2) is 9.07 Å². The van der Waals surface area contributed by atoms with Gasteiger partial charge in [0.15, 0.2) is 0 Å². The number of carbonyl (C=O) groups excluding carboxylic acids is 1. The summed E-state index contributed by atoms with van der Waals surface area (Å²) in [6, 6.07) is 13.8. The molecule has 32 heavy (non-hydrogen) atoms. The van der Waals surface area contributed by atoms with Crippen molar-refractivity contribution in [3.05, 3.63) is 88.5 Å². The molecule has 0 bridgehead atoms. The number of carbonyl (C=O) groups is 1. The van der Waals surface area contributed by atoms with Gasteiger partial charge in [0.1, 0.15) is 11.3 Å². The van der Waals surface area contributed by atoms with Gasteiger partial charge in [-0.1, -0.05) is 23.4 Å². The maximum Gasteiger partial charge on any atom is 0.226 e. The second-order valence-corrected chi connectivity index (χ2v) is 7.93. The molecular formula is C24H21FN6O. The zero-order valence-electron chi connectivity index (χ0n) is 17.7. The van der Waals surface area contributed by atoms with Crippen LogP contribution in [0.1, 0.15) is 40.9 Å². The van der Waals surface area contributed by atoms with E-state index < -0.39 is 0 Å². The van der Waals surface area contributed by atoms with Crippen molar-refractivity contribution in [2.45, 2.75) is 25.9 Å². The van der Waals surface area contributed by atoms with Crippen molar-refractivity contribution >= 4 is 22.7 Å². The molecule has 0 saturated carbocycles. The highest BCUT2D eigenvalue weighted by Gasteiger charge is 2.20. The minimum absolute atomic E-state index is 0.137. The molecule has 0 saturated heterocycles. The zero-order chi connectivity index (χ0) is 22.2. The molecule has 1 amide bonds. The molecule has 8 heteroatoms. The number of aromatic nitrogens is 4. The van der Waals surface area contributed by atoms with Gasteiger partial charge in [-0.15, -0.1) is 5.10 Å². The highest BCUT2D eigenvalue weighted by molar-refractivity contribution is 6.15. The van der Waals surface area contributed by atoms with Gasteiger partial charge in [-0.05, 0) is 48.4 Å². The van der Waals surface area contributed by atoms with E-state index in [1.165, 1.54) is 12.1 Å². The van der Waals surface area contributed by atoms with Crippen molar-refractivity contribution < 1.29 is 9.18 Å². The number of fused-ring (bicyclic) bond motifs is 2. The molecule has 3 heterocycles. The fraction of sp³-hybridized carbons (Fsp3) is 0.208. The molecule has 5 rings (SSSR count). The minimum Gasteiger partial charge on any atom is -0.349 e. The lowest BCUT2D eigenvalue weighted by molar-refractivity contribution is -0.121. The van der Waals surface area contributed by atoms with Crippen LogP contribution in [0.25, 0.3) is 11.0 Å². The lowest BCUT2D eigenvalue weighted by atomic mass is 10.0. The zero-order valence-corrected chi connectivity index (χ0v) is 17.7. The highest BCUT2D eigenvalue weighted by Crippen LogP contribution is 2.25. The Morgan fingerprint density at radius 2 is 2.00 bits per heavy atom. The van der Waals surface area contributed by atoms with E-state index in [0.29, 0.717) is 12.2 Å². The molecule has 0 unspecified atom stereocenters. The SMILES string of the molecule is C[C@@H](NC(=O)Cc1cc2c(cn1)C(c1ccc3nnn(C)c3c1)=NC2)c1ccc(F)cc1. The Balaban J connectivity index is 1.30. The third-order valence-corrected chi connectivity index (χ3v) is 5.68. The Kier molecular flexibility index (Phi) is 4.97. The Morgan fingerprint density at radius 1 is 1.19 bits per heavy atom. The highest BCUT2D eigenvalue weighted by atomic mass is 19.1. The largest absolute Gasteiger partial charge is 0.349 e. The third kappa shape index (κ3) is 3.75. The summed E-state index contributed by atoms with van der Waals surface area (Å²) in [5.74, 6) is -0.435. The van der Waals surface area contributed by atoms with Crippen LogP contribution in [0.5, 0.6) is 0 Å². The average molecular weight is 428 g/mol. The monoisotopic (exact) mass is 428 g/mol. The van der Waals surface area contributed by atoms with E-state index in [9.17, 15) is 9.18 Å². The molecular weight excluding hydrogens is 407 g/mol. The van der Waals surface area contributed by atoms with E-state index in [-0.39, 0.29) is 24.2 Å². The number of hydrogen-bond acceptors (Lipinski definition) is 5. The number of rotatable bonds is 5. The van der Waals surface area contributed by atoms with E-state index in [4.69, 9.17) is 4.99 Å². The van der Waals surface area contributed by atoms with Crippen molar-refractivity contribution in [1.29, 1.82) is 0 Å². The number of amides is 1. The van der Waals surface area contributed by atoms with Crippen LogP contribution in [0.2, 0.25) is 0 Å². The quantitative estimate of drug-likeness (QED) is 0.529. The molecule has 0 aliphatic carbocycles. The van der Waals surface area contributed by atoms with E-state index >= 15 is 0 Å². The first-order chi connectivity index (χ1) is 15.5. The summed E-state index contributed by atoms with van der Waals surface area (Å²) < 4.78 is 14.8. The minimum atomic E-state index is -0.298. The number of nitrogens with one attached hydrogen (secondary N) is 1. The molecule has 1 aliphatic heterocycles. The van der Waals surface area contributed by atoms with Crippen molar-refractivity contribution in [3.8, 4) is 0 Å². The van der Waals surface area contributed by atoms with Gasteiger partial charge < -0.3 is 5.32 Å². The number of benzene rings is 2. The van der Waals surface area contributed by atoms with Gasteiger partial charge in [0.2, 0.25) is 5.91 Å². The number of nitrogens with zero attached hydrogens (tertiary/aromatic N) is 5. The Labute approximate surface area is 184 Å². The van der Waals surface area contributed by atoms with Gasteiger partial charge in [0, 0.05) is 24.4 Å². The van der Waals surface area contributed by atoms with Crippen LogP contribution in [-0.4, -0.2) is 31.6 Å². The first kappa shape index (κ1) is 20.0. The maximum atomic E-state index is 13.1. The second-order valence-electron chi connectivity index (χ2n) is 7.93. The van der Waals surface area contributed by atoms with Gasteiger partial charge in [0.05, 0.1) is 35.9 Å². The molecule has 4 aromatic rings. The van der Waals surface area contributed by atoms with Crippen molar-refractivity contribution in [3.63, 3.8) is 0 Å². The summed E-state index contributed by atoms with van der Waals surface area (Å²) in [6.07, 6.45) is 1.96. The Hall–Kier alpha value is -3.94. The van der Waals surface area contributed by atoms with Crippen molar-refractivity contribution in [2.75, 3.05) is 0 Å². The number of pyridine rings is 1. The molecule has 0 spiro atoms. The fourth-order valence-electron chi connectivity index (χ4n) is 3.95. The predicted octanol–water partition coefficient (Wildman–Crippen LogP) is 3.27. The molecule has 7 nitrogen and oxygen atoms in total. The predicted molar refractivity (Wildman–Crippen MR) is 119 cm³/mol. The standard InChI is InChI=1S/C24H21FN6O/c1-14(15-3-6-18(25)7-4-15)28-23(32)11-19-9-17-12-27-24(20(17)13-26-19)16-5-8-21-22(10-16)31(2)30-29-21/h3-10,13-14H,11-12H2,1-2H3,(H,28,32)/t14-/m1/s1. The molecule has 1 N–H and O–H groups in total. The smallest absolute Gasteiger partial charge is 0.226 e. The summed E-state index contributed by atoms with van der Waals surface area (Å²) in [7, 11) is 1.86. The summed E-state index contributed by atoms with van der Waals surface area (Å²) in [5, 5.41) is 11.1.